The van der Waals surface area contributed by atoms with E-state index in [2.05, 4.69) is 97.9 Å². The van der Waals surface area contributed by atoms with Crippen LogP contribution >= 0.6 is 7.26 Å². The molecule has 0 N–H and O–H groups in total. The van der Waals surface area contributed by atoms with E-state index in [0.717, 1.165) is 0 Å². The monoisotopic (exact) mass is 516 g/mol. The molecule has 0 saturated heterocycles. The summed E-state index contributed by atoms with van der Waals surface area (Å²) in [6.07, 6.45) is 23.9. The summed E-state index contributed by atoms with van der Waals surface area (Å²) in [5, 5.41) is 0. The molecule has 0 aliphatic heterocycles. The van der Waals surface area contributed by atoms with Gasteiger partial charge in [-0.1, -0.05) is 19.8 Å². The van der Waals surface area contributed by atoms with Gasteiger partial charge in [0.15, 0.2) is 0 Å². The minimum atomic E-state index is -1.62. The quantitative estimate of drug-likeness (QED) is 0.103. The van der Waals surface area contributed by atoms with E-state index in [9.17, 15) is 0 Å². The van der Waals surface area contributed by atoms with Gasteiger partial charge in [0.2, 0.25) is 0 Å². The molecule has 3 aromatic rings. The molecule has 0 unspecified atom stereocenters. The van der Waals surface area contributed by atoms with Gasteiger partial charge in [-0.3, -0.25) is 0 Å². The van der Waals surface area contributed by atoms with E-state index in [0.29, 0.717) is 0 Å². The molecular weight excluding hydrogens is 463 g/mol. The summed E-state index contributed by atoms with van der Waals surface area (Å²) in [7, 11) is -1.62. The van der Waals surface area contributed by atoms with Crippen LogP contribution in [0.1, 0.15) is 107 Å². The van der Waals surface area contributed by atoms with Crippen LogP contribution in [0.5, 0.6) is 0 Å². The third kappa shape index (κ3) is 12.5. The van der Waals surface area contributed by atoms with Crippen molar-refractivity contribution in [1.29, 1.82) is 0 Å². The molecule has 0 heterocycles. The zero-order valence-electron chi connectivity index (χ0n) is 23.7. The standard InChI is InChI=1S/C36H53P/c1-2-3-4-5-6-7-8-9-10-11-12-13-23-30-37(31-34-24-17-14-18-25-34,32-35-26-19-15-20-27-35)33-36-28-21-16-22-29-36/h14-22,24-29,37H,2-13,23,30-33H2,1H3. The van der Waals surface area contributed by atoms with Crippen molar-refractivity contribution in [3.63, 3.8) is 0 Å². The summed E-state index contributed by atoms with van der Waals surface area (Å²) in [5.41, 5.74) is 4.61. The second-order valence-electron chi connectivity index (χ2n) is 11.5. The molecule has 0 radical (unpaired) electrons. The predicted octanol–water partition coefficient (Wildman–Crippen LogP) is 11.4. The van der Waals surface area contributed by atoms with Crippen molar-refractivity contribution in [3.8, 4) is 0 Å². The maximum absolute atomic E-state index is 2.36. The van der Waals surface area contributed by atoms with Crippen LogP contribution in [-0.2, 0) is 18.5 Å². The van der Waals surface area contributed by atoms with Crippen LogP contribution in [-0.4, -0.2) is 6.16 Å². The second-order valence-corrected chi connectivity index (χ2v) is 16.0. The molecule has 0 nitrogen and oxygen atoms in total. The van der Waals surface area contributed by atoms with E-state index >= 15 is 0 Å². The van der Waals surface area contributed by atoms with Crippen LogP contribution < -0.4 is 0 Å². The first-order valence-electron chi connectivity index (χ1n) is 15.4. The van der Waals surface area contributed by atoms with Gasteiger partial charge in [-0.15, -0.1) is 0 Å². The fraction of sp³-hybridized carbons (Fsp3) is 0.500. The van der Waals surface area contributed by atoms with Crippen LogP contribution in [0.2, 0.25) is 0 Å². The van der Waals surface area contributed by atoms with Gasteiger partial charge in [-0.25, -0.2) is 0 Å². The molecule has 0 aromatic heterocycles. The number of hydrogen-bond acceptors (Lipinski definition) is 0. The second kappa shape index (κ2) is 18.4. The van der Waals surface area contributed by atoms with Gasteiger partial charge in [0.1, 0.15) is 0 Å². The summed E-state index contributed by atoms with van der Waals surface area (Å²) in [5.74, 6) is 0. The van der Waals surface area contributed by atoms with E-state index in [4.69, 9.17) is 0 Å². The topological polar surface area (TPSA) is 0 Å². The van der Waals surface area contributed by atoms with Crippen molar-refractivity contribution >= 4 is 7.26 Å². The van der Waals surface area contributed by atoms with E-state index < -0.39 is 7.26 Å². The van der Waals surface area contributed by atoms with Gasteiger partial charge >= 0.3 is 210 Å². The molecule has 1 heteroatoms. The van der Waals surface area contributed by atoms with E-state index in [1.807, 2.05) is 0 Å². The van der Waals surface area contributed by atoms with Crippen molar-refractivity contribution in [1.82, 2.24) is 0 Å². The summed E-state index contributed by atoms with van der Waals surface area (Å²) < 4.78 is 0. The fourth-order valence-corrected chi connectivity index (χ4v) is 11.3. The number of unbranched alkanes of at least 4 members (excludes halogenated alkanes) is 12. The van der Waals surface area contributed by atoms with Crippen molar-refractivity contribution in [3.05, 3.63) is 108 Å². The van der Waals surface area contributed by atoms with E-state index in [1.54, 1.807) is 0 Å². The Labute approximate surface area is 229 Å². The summed E-state index contributed by atoms with van der Waals surface area (Å²) >= 11 is 0. The number of hydrogen-bond donors (Lipinski definition) is 0. The molecule has 0 bridgehead atoms. The predicted molar refractivity (Wildman–Crippen MR) is 169 cm³/mol. The molecule has 3 rings (SSSR count). The Morgan fingerprint density at radius 1 is 0.378 bits per heavy atom. The number of benzene rings is 3. The van der Waals surface area contributed by atoms with Gasteiger partial charge in [0.05, 0.1) is 0 Å². The Hall–Kier alpha value is -1.91. The average molecular weight is 517 g/mol. The Kier molecular flexibility index (Phi) is 14.7. The SMILES string of the molecule is CCCCCCCCCCCCCCC[PH](Cc1ccccc1)(Cc1ccccc1)Cc1ccccc1. The van der Waals surface area contributed by atoms with Gasteiger partial charge in [0, 0.05) is 0 Å². The molecular formula is C36H53P. The Balaban J connectivity index is 1.52. The normalized spacial score (nSPS) is 12.0. The van der Waals surface area contributed by atoms with Crippen LogP contribution in [0.25, 0.3) is 0 Å². The van der Waals surface area contributed by atoms with Crippen LogP contribution in [0.3, 0.4) is 0 Å². The van der Waals surface area contributed by atoms with Crippen molar-refractivity contribution in [2.45, 2.75) is 109 Å². The zero-order valence-corrected chi connectivity index (χ0v) is 24.7. The van der Waals surface area contributed by atoms with Crippen LogP contribution in [0.15, 0.2) is 91.0 Å². The molecule has 202 valence electrons. The fourth-order valence-electron chi connectivity index (χ4n) is 6.06. The zero-order chi connectivity index (χ0) is 25.9. The van der Waals surface area contributed by atoms with Gasteiger partial charge in [-0.2, -0.15) is 0 Å². The van der Waals surface area contributed by atoms with Crippen LogP contribution in [0, 0.1) is 0 Å². The molecule has 0 aliphatic rings. The van der Waals surface area contributed by atoms with Gasteiger partial charge < -0.3 is 0 Å². The third-order valence-electron chi connectivity index (χ3n) is 8.08. The van der Waals surface area contributed by atoms with Crippen molar-refractivity contribution < 1.29 is 0 Å². The first kappa shape index (κ1) is 29.6. The van der Waals surface area contributed by atoms with E-state index in [1.165, 1.54) is 125 Å². The van der Waals surface area contributed by atoms with Gasteiger partial charge in [0.25, 0.3) is 0 Å². The van der Waals surface area contributed by atoms with Crippen molar-refractivity contribution in [2.24, 2.45) is 0 Å². The molecule has 0 atom stereocenters. The molecule has 0 aliphatic carbocycles. The molecule has 37 heavy (non-hydrogen) atoms. The molecule has 0 amide bonds. The van der Waals surface area contributed by atoms with Crippen LogP contribution in [0.4, 0.5) is 0 Å². The summed E-state index contributed by atoms with van der Waals surface area (Å²) in [4.78, 5) is 0. The van der Waals surface area contributed by atoms with Gasteiger partial charge in [-0.05, 0) is 0 Å². The first-order valence-corrected chi connectivity index (χ1v) is 18.2. The van der Waals surface area contributed by atoms with Crippen molar-refractivity contribution in [2.75, 3.05) is 6.16 Å². The Bertz CT molecular complexity index is 817. The average Bonchev–Trinajstić information content (AvgIpc) is 2.93. The first-order chi connectivity index (χ1) is 18.3. The minimum absolute atomic E-state index is 1.29. The number of rotatable bonds is 20. The molecule has 0 fully saturated rings. The Morgan fingerprint density at radius 3 is 1.00 bits per heavy atom. The summed E-state index contributed by atoms with van der Waals surface area (Å²) in [6, 6.07) is 34.0. The molecule has 0 saturated carbocycles. The maximum atomic E-state index is 2.36. The Morgan fingerprint density at radius 2 is 0.676 bits per heavy atom. The summed E-state index contributed by atoms with van der Waals surface area (Å²) in [6.45, 7) is 2.30. The molecule has 3 aromatic carbocycles. The third-order valence-corrected chi connectivity index (χ3v) is 13.0. The molecule has 0 spiro atoms. The van der Waals surface area contributed by atoms with E-state index in [-0.39, 0.29) is 0 Å².